The van der Waals surface area contributed by atoms with E-state index in [4.69, 9.17) is 0 Å². The zero-order chi connectivity index (χ0) is 20.5. The van der Waals surface area contributed by atoms with E-state index in [0.717, 1.165) is 42.6 Å². The smallest absolute Gasteiger partial charge is 0.257 e. The van der Waals surface area contributed by atoms with Crippen LogP contribution in [0.4, 0.5) is 5.69 Å². The van der Waals surface area contributed by atoms with Crippen LogP contribution in [0, 0.1) is 0 Å². The van der Waals surface area contributed by atoms with Crippen LogP contribution >= 0.6 is 0 Å². The van der Waals surface area contributed by atoms with Crippen LogP contribution in [0.3, 0.4) is 0 Å². The van der Waals surface area contributed by atoms with Gasteiger partial charge in [-0.15, -0.1) is 0 Å². The van der Waals surface area contributed by atoms with Gasteiger partial charge in [0.1, 0.15) is 0 Å². The second-order valence-electron chi connectivity index (χ2n) is 6.99. The maximum Gasteiger partial charge on any atom is 0.257 e. The average Bonchev–Trinajstić information content (AvgIpc) is 2.71. The zero-order valence-electron chi connectivity index (χ0n) is 17.2. The molecule has 150 valence electrons. The predicted molar refractivity (Wildman–Crippen MR) is 113 cm³/mol. The molecule has 0 saturated heterocycles. The van der Waals surface area contributed by atoms with Crippen molar-refractivity contribution in [1.29, 1.82) is 0 Å². The number of para-hydroxylation sites is 1. The van der Waals surface area contributed by atoms with E-state index in [1.54, 1.807) is 6.07 Å². The number of aryl methyl sites for hydroxylation is 2. The van der Waals surface area contributed by atoms with Gasteiger partial charge in [-0.25, -0.2) is 0 Å². The van der Waals surface area contributed by atoms with E-state index in [0.29, 0.717) is 17.7 Å². The normalized spacial score (nSPS) is 10.8. The number of anilines is 1. The number of rotatable bonds is 9. The average molecular weight is 383 g/mol. The van der Waals surface area contributed by atoms with Crippen molar-refractivity contribution in [3.63, 3.8) is 0 Å². The van der Waals surface area contributed by atoms with E-state index in [9.17, 15) is 9.59 Å². The Morgan fingerprint density at radius 2 is 1.61 bits per heavy atom. The van der Waals surface area contributed by atoms with Crippen LogP contribution in [0.15, 0.2) is 36.7 Å². The zero-order valence-corrected chi connectivity index (χ0v) is 17.2. The summed E-state index contributed by atoms with van der Waals surface area (Å²) in [5.74, 6) is -0.477. The molecule has 1 aromatic heterocycles. The molecule has 1 aromatic carbocycles. The molecule has 2 aromatic rings. The molecule has 0 aliphatic rings. The number of carbonyl (C=O) groups is 2. The molecule has 28 heavy (non-hydrogen) atoms. The number of hydrogen-bond donors (Lipinski definition) is 2. The molecule has 0 aliphatic carbocycles. The molecule has 1 heterocycles. The summed E-state index contributed by atoms with van der Waals surface area (Å²) in [5, 5.41) is 5.88. The monoisotopic (exact) mass is 382 g/mol. The number of nitrogens with zero attached hydrogens (tertiary/aromatic N) is 2. The summed E-state index contributed by atoms with van der Waals surface area (Å²) in [6.07, 6.45) is 5.49. The van der Waals surface area contributed by atoms with Crippen LogP contribution in [0.5, 0.6) is 0 Å². The van der Waals surface area contributed by atoms with Gasteiger partial charge in [0, 0.05) is 24.6 Å². The van der Waals surface area contributed by atoms with Crippen molar-refractivity contribution in [3.8, 4) is 0 Å². The summed E-state index contributed by atoms with van der Waals surface area (Å²) in [6, 6.07) is 7.63. The van der Waals surface area contributed by atoms with E-state index < -0.39 is 0 Å². The molecule has 0 fully saturated rings. The highest BCUT2D eigenvalue weighted by Crippen LogP contribution is 2.23. The summed E-state index contributed by atoms with van der Waals surface area (Å²) in [6.45, 7) is 5.61. The van der Waals surface area contributed by atoms with Crippen LogP contribution in [0.1, 0.15) is 52.1 Å². The van der Waals surface area contributed by atoms with E-state index in [-0.39, 0.29) is 11.8 Å². The summed E-state index contributed by atoms with van der Waals surface area (Å²) in [5.41, 5.74) is 3.80. The first-order valence-corrected chi connectivity index (χ1v) is 9.76. The van der Waals surface area contributed by atoms with Crippen LogP contribution in [-0.4, -0.2) is 48.9 Å². The Kier molecular flexibility index (Phi) is 8.14. The molecule has 2 rings (SSSR count). The Labute approximate surface area is 167 Å². The van der Waals surface area contributed by atoms with E-state index >= 15 is 0 Å². The molecule has 6 nitrogen and oxygen atoms in total. The van der Waals surface area contributed by atoms with Gasteiger partial charge in [-0.1, -0.05) is 32.0 Å². The summed E-state index contributed by atoms with van der Waals surface area (Å²) in [7, 11) is 3.99. The molecule has 2 N–H and O–H groups in total. The first-order chi connectivity index (χ1) is 13.5. The maximum absolute atomic E-state index is 12.8. The van der Waals surface area contributed by atoms with E-state index in [1.165, 1.54) is 12.4 Å². The Bertz CT molecular complexity index is 796. The lowest BCUT2D eigenvalue weighted by molar-refractivity contribution is 0.0952. The fourth-order valence-corrected chi connectivity index (χ4v) is 2.98. The second kappa shape index (κ2) is 10.6. The largest absolute Gasteiger partial charge is 0.352 e. The number of pyridine rings is 1. The number of nitrogens with one attached hydrogen (secondary N) is 2. The minimum Gasteiger partial charge on any atom is -0.352 e. The quantitative estimate of drug-likeness (QED) is 0.654. The summed E-state index contributed by atoms with van der Waals surface area (Å²) < 4.78 is 0. The van der Waals surface area contributed by atoms with Gasteiger partial charge in [-0.05, 0) is 57.1 Å². The van der Waals surface area contributed by atoms with Crippen molar-refractivity contribution < 1.29 is 9.59 Å². The third-order valence-corrected chi connectivity index (χ3v) is 4.57. The number of hydrogen-bond acceptors (Lipinski definition) is 4. The molecule has 0 aliphatic heterocycles. The molecular formula is C22H30N4O2. The Morgan fingerprint density at radius 3 is 2.18 bits per heavy atom. The highest BCUT2D eigenvalue weighted by molar-refractivity contribution is 6.06. The molecule has 0 spiro atoms. The first kappa shape index (κ1) is 21.6. The first-order valence-electron chi connectivity index (χ1n) is 9.76. The van der Waals surface area contributed by atoms with Crippen LogP contribution in [-0.2, 0) is 12.8 Å². The predicted octanol–water partition coefficient (Wildman–Crippen LogP) is 3.14. The number of benzene rings is 1. The van der Waals surface area contributed by atoms with Gasteiger partial charge in [-0.2, -0.15) is 0 Å². The fraction of sp³-hybridized carbons (Fsp3) is 0.409. The molecule has 0 unspecified atom stereocenters. The standard InChI is InChI=1S/C22H30N4O2/c1-5-16-9-7-10-17(6-2)20(16)25-22(28)19-13-18(14-23-15-19)21(27)24-11-8-12-26(3)4/h7,9-10,13-15H,5-6,8,11-12H2,1-4H3,(H,24,27)(H,25,28). The van der Waals surface area contributed by atoms with Gasteiger partial charge >= 0.3 is 0 Å². The summed E-state index contributed by atoms with van der Waals surface area (Å²) >= 11 is 0. The Balaban J connectivity index is 2.09. The minimum absolute atomic E-state index is 0.218. The van der Waals surface area contributed by atoms with Gasteiger partial charge in [0.2, 0.25) is 0 Å². The van der Waals surface area contributed by atoms with Gasteiger partial charge in [-0.3, -0.25) is 14.6 Å². The van der Waals surface area contributed by atoms with Crippen molar-refractivity contribution in [2.45, 2.75) is 33.1 Å². The van der Waals surface area contributed by atoms with Crippen LogP contribution < -0.4 is 10.6 Å². The van der Waals surface area contributed by atoms with Crippen LogP contribution in [0.25, 0.3) is 0 Å². The van der Waals surface area contributed by atoms with E-state index in [1.807, 2.05) is 32.3 Å². The lowest BCUT2D eigenvalue weighted by Crippen LogP contribution is -2.27. The summed E-state index contributed by atoms with van der Waals surface area (Å²) in [4.78, 5) is 31.2. The van der Waals surface area contributed by atoms with Crippen molar-refractivity contribution in [2.24, 2.45) is 0 Å². The molecule has 0 bridgehead atoms. The van der Waals surface area contributed by atoms with Gasteiger partial charge in [0.25, 0.3) is 11.8 Å². The topological polar surface area (TPSA) is 74.3 Å². The molecule has 0 radical (unpaired) electrons. The van der Waals surface area contributed by atoms with E-state index in [2.05, 4.69) is 34.4 Å². The highest BCUT2D eigenvalue weighted by Gasteiger charge is 2.14. The van der Waals surface area contributed by atoms with Gasteiger partial charge < -0.3 is 15.5 Å². The Morgan fingerprint density at radius 1 is 1.00 bits per heavy atom. The second-order valence-corrected chi connectivity index (χ2v) is 6.99. The van der Waals surface area contributed by atoms with Crippen molar-refractivity contribution in [1.82, 2.24) is 15.2 Å². The highest BCUT2D eigenvalue weighted by atomic mass is 16.2. The molecular weight excluding hydrogens is 352 g/mol. The lowest BCUT2D eigenvalue weighted by Gasteiger charge is -2.14. The van der Waals surface area contributed by atoms with Crippen molar-refractivity contribution in [2.75, 3.05) is 32.5 Å². The molecule has 0 saturated carbocycles. The van der Waals surface area contributed by atoms with Gasteiger partial charge in [0.05, 0.1) is 11.1 Å². The number of carbonyl (C=O) groups excluding carboxylic acids is 2. The SMILES string of the molecule is CCc1cccc(CC)c1NC(=O)c1cncc(C(=O)NCCCN(C)C)c1. The minimum atomic E-state index is -0.259. The van der Waals surface area contributed by atoms with Crippen LogP contribution in [0.2, 0.25) is 0 Å². The van der Waals surface area contributed by atoms with Gasteiger partial charge in [0.15, 0.2) is 0 Å². The molecule has 6 heteroatoms. The Hall–Kier alpha value is -2.73. The number of amides is 2. The third-order valence-electron chi connectivity index (χ3n) is 4.57. The molecule has 2 amide bonds. The van der Waals surface area contributed by atoms with Crippen molar-refractivity contribution >= 4 is 17.5 Å². The molecule has 0 atom stereocenters. The third kappa shape index (κ3) is 5.89. The van der Waals surface area contributed by atoms with Crippen molar-refractivity contribution in [3.05, 3.63) is 58.9 Å². The lowest BCUT2D eigenvalue weighted by atomic mass is 10.0. The number of aromatic nitrogens is 1. The fourth-order valence-electron chi connectivity index (χ4n) is 2.98. The maximum atomic E-state index is 12.8.